The quantitative estimate of drug-likeness (QED) is 0.738. The highest BCUT2D eigenvalue weighted by molar-refractivity contribution is 7.89. The van der Waals surface area contributed by atoms with Crippen molar-refractivity contribution in [3.05, 3.63) is 53.1 Å². The summed E-state index contributed by atoms with van der Waals surface area (Å²) < 4.78 is 37.3. The molecule has 1 aliphatic rings. The summed E-state index contributed by atoms with van der Waals surface area (Å²) in [7, 11) is -2.19. The Morgan fingerprint density at radius 3 is 2.61 bits per heavy atom. The molecular weight excluding hydrogens is 380 g/mol. The molecule has 2 aromatic rings. The van der Waals surface area contributed by atoms with Crippen molar-refractivity contribution in [2.45, 2.75) is 37.8 Å². The van der Waals surface area contributed by atoms with Gasteiger partial charge in [0.05, 0.1) is 11.5 Å². The molecule has 0 saturated carbocycles. The second-order valence-corrected chi connectivity index (χ2v) is 8.43. The van der Waals surface area contributed by atoms with Gasteiger partial charge in [0.2, 0.25) is 10.0 Å². The van der Waals surface area contributed by atoms with Crippen molar-refractivity contribution in [1.82, 2.24) is 10.0 Å². The maximum absolute atomic E-state index is 12.5. The number of amides is 1. The van der Waals surface area contributed by atoms with Crippen LogP contribution in [0.2, 0.25) is 0 Å². The fraction of sp³-hybridized carbons (Fsp3) is 0.350. The van der Waals surface area contributed by atoms with Gasteiger partial charge in [-0.25, -0.2) is 13.1 Å². The van der Waals surface area contributed by atoms with Gasteiger partial charge in [0.25, 0.3) is 5.91 Å². The third-order valence-corrected chi connectivity index (χ3v) is 5.94. The van der Waals surface area contributed by atoms with E-state index in [-0.39, 0.29) is 23.5 Å². The molecule has 0 radical (unpaired) electrons. The Kier molecular flexibility index (Phi) is 5.90. The molecule has 0 fully saturated rings. The van der Waals surface area contributed by atoms with Crippen LogP contribution in [0.25, 0.3) is 0 Å². The summed E-state index contributed by atoms with van der Waals surface area (Å²) in [4.78, 5) is 12.6. The first kappa shape index (κ1) is 20.2. The zero-order valence-electron chi connectivity index (χ0n) is 16.1. The third-order valence-electron chi connectivity index (χ3n) is 4.51. The lowest BCUT2D eigenvalue weighted by atomic mass is 10.1. The molecule has 150 valence electrons. The summed E-state index contributed by atoms with van der Waals surface area (Å²) in [5.74, 6) is 1.25. The highest BCUT2D eigenvalue weighted by atomic mass is 32.2. The van der Waals surface area contributed by atoms with Crippen molar-refractivity contribution in [3.8, 4) is 11.5 Å². The molecule has 0 saturated heterocycles. The van der Waals surface area contributed by atoms with Crippen molar-refractivity contribution in [2.75, 3.05) is 13.7 Å². The molecule has 1 aliphatic heterocycles. The summed E-state index contributed by atoms with van der Waals surface area (Å²) in [6, 6.07) is 9.65. The van der Waals surface area contributed by atoms with Crippen LogP contribution < -0.4 is 19.5 Å². The number of nitrogens with one attached hydrogen (secondary N) is 2. The minimum absolute atomic E-state index is 0.107. The van der Waals surface area contributed by atoms with E-state index in [4.69, 9.17) is 9.47 Å². The van der Waals surface area contributed by atoms with E-state index in [1.54, 1.807) is 0 Å². The first-order chi connectivity index (χ1) is 13.3. The van der Waals surface area contributed by atoms with Crippen molar-refractivity contribution >= 4 is 15.9 Å². The van der Waals surface area contributed by atoms with Crippen LogP contribution in [0.5, 0.6) is 11.5 Å². The van der Waals surface area contributed by atoms with Crippen LogP contribution in [-0.4, -0.2) is 34.1 Å². The maximum atomic E-state index is 12.5. The fourth-order valence-corrected chi connectivity index (χ4v) is 3.82. The summed E-state index contributed by atoms with van der Waals surface area (Å²) in [5.41, 5.74) is 2.31. The fourth-order valence-electron chi connectivity index (χ4n) is 3.09. The second kappa shape index (κ2) is 8.20. The number of fused-ring (bicyclic) bond motifs is 1. The van der Waals surface area contributed by atoms with E-state index in [0.29, 0.717) is 12.2 Å². The minimum Gasteiger partial charge on any atom is -0.494 e. The zero-order chi connectivity index (χ0) is 20.3. The number of sulfonamides is 1. The van der Waals surface area contributed by atoms with Gasteiger partial charge >= 0.3 is 0 Å². The predicted octanol–water partition coefficient (Wildman–Crippen LogP) is 2.25. The lowest BCUT2D eigenvalue weighted by Crippen LogP contribution is -2.23. The van der Waals surface area contributed by atoms with Crippen molar-refractivity contribution < 1.29 is 22.7 Å². The van der Waals surface area contributed by atoms with Gasteiger partial charge in [0.15, 0.2) is 0 Å². The Labute approximate surface area is 165 Å². The van der Waals surface area contributed by atoms with Gasteiger partial charge in [-0.2, -0.15) is 0 Å². The van der Waals surface area contributed by atoms with Gasteiger partial charge in [0.1, 0.15) is 17.6 Å². The van der Waals surface area contributed by atoms with Crippen LogP contribution in [0.3, 0.4) is 0 Å². The normalized spacial score (nSPS) is 15.6. The first-order valence-corrected chi connectivity index (χ1v) is 10.6. The van der Waals surface area contributed by atoms with Crippen LogP contribution in [0.4, 0.5) is 0 Å². The standard InChI is InChI=1S/C20H24N2O5S/c1-4-26-18-10-15-9-13(2)27-19(15)11-16(18)12-22-20(23)14-5-7-17(8-6-14)28(24,25)21-3/h5-8,10-11,13,21H,4,9,12H2,1-3H3,(H,22,23)/t13-/m1/s1. The lowest BCUT2D eigenvalue weighted by Gasteiger charge is -2.13. The molecule has 0 bridgehead atoms. The zero-order valence-corrected chi connectivity index (χ0v) is 16.9. The molecule has 2 aromatic carbocycles. The Bertz CT molecular complexity index is 971. The number of rotatable bonds is 7. The number of hydrogen-bond donors (Lipinski definition) is 2. The van der Waals surface area contributed by atoms with E-state index in [9.17, 15) is 13.2 Å². The third kappa shape index (κ3) is 4.28. The van der Waals surface area contributed by atoms with E-state index in [1.807, 2.05) is 26.0 Å². The van der Waals surface area contributed by atoms with Gasteiger partial charge in [-0.1, -0.05) is 0 Å². The van der Waals surface area contributed by atoms with E-state index >= 15 is 0 Å². The van der Waals surface area contributed by atoms with Gasteiger partial charge in [-0.05, 0) is 57.3 Å². The average molecular weight is 404 g/mol. The van der Waals surface area contributed by atoms with Crippen molar-refractivity contribution in [2.24, 2.45) is 0 Å². The van der Waals surface area contributed by atoms with Gasteiger partial charge in [-0.15, -0.1) is 0 Å². The number of carbonyl (C=O) groups is 1. The maximum Gasteiger partial charge on any atom is 0.251 e. The molecule has 2 N–H and O–H groups in total. The van der Waals surface area contributed by atoms with E-state index in [0.717, 1.165) is 29.0 Å². The highest BCUT2D eigenvalue weighted by Crippen LogP contribution is 2.35. The lowest BCUT2D eigenvalue weighted by molar-refractivity contribution is 0.0950. The Morgan fingerprint density at radius 2 is 1.96 bits per heavy atom. The molecule has 7 nitrogen and oxygen atoms in total. The molecule has 0 aliphatic carbocycles. The molecular formula is C20H24N2O5S. The Balaban J connectivity index is 1.73. The summed E-state index contributed by atoms with van der Waals surface area (Å²) >= 11 is 0. The molecule has 1 amide bonds. The smallest absolute Gasteiger partial charge is 0.251 e. The number of carbonyl (C=O) groups excluding carboxylic acids is 1. The van der Waals surface area contributed by atoms with Gasteiger partial charge < -0.3 is 14.8 Å². The van der Waals surface area contributed by atoms with Crippen LogP contribution >= 0.6 is 0 Å². The van der Waals surface area contributed by atoms with E-state index < -0.39 is 10.0 Å². The average Bonchev–Trinajstić information content (AvgIpc) is 3.05. The van der Waals surface area contributed by atoms with Crippen molar-refractivity contribution in [3.63, 3.8) is 0 Å². The molecule has 0 aromatic heterocycles. The van der Waals surface area contributed by atoms with Crippen LogP contribution in [0.1, 0.15) is 35.3 Å². The second-order valence-electron chi connectivity index (χ2n) is 6.55. The molecule has 1 heterocycles. The molecule has 1 atom stereocenters. The first-order valence-electron chi connectivity index (χ1n) is 9.11. The van der Waals surface area contributed by atoms with Crippen molar-refractivity contribution in [1.29, 1.82) is 0 Å². The molecule has 8 heteroatoms. The molecule has 0 unspecified atom stereocenters. The minimum atomic E-state index is -3.53. The SMILES string of the molecule is CCOc1cc2c(cc1CNC(=O)c1ccc(S(=O)(=O)NC)cc1)O[C@H](C)C2. The van der Waals surface area contributed by atoms with Gasteiger partial charge in [0, 0.05) is 29.7 Å². The Morgan fingerprint density at radius 1 is 1.25 bits per heavy atom. The monoisotopic (exact) mass is 404 g/mol. The predicted molar refractivity (Wildman–Crippen MR) is 105 cm³/mol. The largest absolute Gasteiger partial charge is 0.494 e. The molecule has 28 heavy (non-hydrogen) atoms. The Hall–Kier alpha value is -2.58. The topological polar surface area (TPSA) is 93.7 Å². The van der Waals surface area contributed by atoms with E-state index in [1.165, 1.54) is 31.3 Å². The van der Waals surface area contributed by atoms with Crippen LogP contribution in [0.15, 0.2) is 41.3 Å². The van der Waals surface area contributed by atoms with E-state index in [2.05, 4.69) is 10.0 Å². The highest BCUT2D eigenvalue weighted by Gasteiger charge is 2.22. The number of hydrogen-bond acceptors (Lipinski definition) is 5. The summed E-state index contributed by atoms with van der Waals surface area (Å²) in [6.07, 6.45) is 0.964. The molecule has 3 rings (SSSR count). The summed E-state index contributed by atoms with van der Waals surface area (Å²) in [6.45, 7) is 4.72. The number of ether oxygens (including phenoxy) is 2. The van der Waals surface area contributed by atoms with Crippen LogP contribution in [0, 0.1) is 0 Å². The summed E-state index contributed by atoms with van der Waals surface area (Å²) in [5, 5.41) is 2.85. The van der Waals surface area contributed by atoms with Crippen LogP contribution in [-0.2, 0) is 23.0 Å². The van der Waals surface area contributed by atoms with Gasteiger partial charge in [-0.3, -0.25) is 4.79 Å². The molecule has 0 spiro atoms. The number of benzene rings is 2.